The monoisotopic (exact) mass is 310 g/mol. The van der Waals surface area contributed by atoms with Gasteiger partial charge in [-0.25, -0.2) is 4.79 Å². The van der Waals surface area contributed by atoms with Crippen LogP contribution >= 0.6 is 11.6 Å². The van der Waals surface area contributed by atoms with Crippen LogP contribution in [0.2, 0.25) is 5.02 Å². The summed E-state index contributed by atoms with van der Waals surface area (Å²) in [6.45, 7) is 5.56. The number of carbonyl (C=O) groups is 1. The fourth-order valence-electron chi connectivity index (χ4n) is 2.76. The standard InChI is InChI=1S/C16H23ClN2O2/c1-3-8-19-9-6-13(7-10-19)18-15-11-12(17)4-5-14(15)16(20)21-2/h4-5,11,13,18H,3,6-10H2,1-2H3. The van der Waals surface area contributed by atoms with Crippen molar-refractivity contribution in [3.8, 4) is 0 Å². The Labute approximate surface area is 131 Å². The van der Waals surface area contributed by atoms with Gasteiger partial charge in [-0.3, -0.25) is 0 Å². The van der Waals surface area contributed by atoms with Gasteiger partial charge in [-0.1, -0.05) is 18.5 Å². The van der Waals surface area contributed by atoms with E-state index >= 15 is 0 Å². The first kappa shape index (κ1) is 16.1. The van der Waals surface area contributed by atoms with Crippen molar-refractivity contribution in [1.29, 1.82) is 0 Å². The predicted octanol–water partition coefficient (Wildman–Crippen LogP) is 3.41. The third-order valence-electron chi connectivity index (χ3n) is 3.87. The number of nitrogens with one attached hydrogen (secondary N) is 1. The van der Waals surface area contributed by atoms with Gasteiger partial charge in [-0.05, 0) is 44.0 Å². The van der Waals surface area contributed by atoms with Gasteiger partial charge < -0.3 is 15.0 Å². The number of halogens is 1. The maximum atomic E-state index is 11.8. The van der Waals surface area contributed by atoms with Crippen LogP contribution in [0.5, 0.6) is 0 Å². The first-order valence-electron chi connectivity index (χ1n) is 7.50. The number of benzene rings is 1. The Hall–Kier alpha value is -1.26. The molecule has 1 saturated heterocycles. The van der Waals surface area contributed by atoms with Crippen molar-refractivity contribution in [3.05, 3.63) is 28.8 Å². The van der Waals surface area contributed by atoms with Crippen LogP contribution in [-0.2, 0) is 4.74 Å². The van der Waals surface area contributed by atoms with Crippen LogP contribution < -0.4 is 5.32 Å². The summed E-state index contributed by atoms with van der Waals surface area (Å²) in [5.74, 6) is -0.336. The Kier molecular flexibility index (Phi) is 5.88. The summed E-state index contributed by atoms with van der Waals surface area (Å²) in [7, 11) is 1.39. The van der Waals surface area contributed by atoms with E-state index in [0.717, 1.165) is 38.2 Å². The van der Waals surface area contributed by atoms with E-state index in [1.165, 1.54) is 13.5 Å². The molecule has 0 radical (unpaired) electrons. The number of anilines is 1. The number of nitrogens with zero attached hydrogens (tertiary/aromatic N) is 1. The first-order valence-corrected chi connectivity index (χ1v) is 7.88. The van der Waals surface area contributed by atoms with E-state index in [1.54, 1.807) is 18.2 Å². The Morgan fingerprint density at radius 1 is 1.43 bits per heavy atom. The van der Waals surface area contributed by atoms with Gasteiger partial charge in [0.1, 0.15) is 0 Å². The molecule has 0 saturated carbocycles. The Morgan fingerprint density at radius 2 is 2.14 bits per heavy atom. The average Bonchev–Trinajstić information content (AvgIpc) is 2.49. The molecule has 0 amide bonds. The third-order valence-corrected chi connectivity index (χ3v) is 4.11. The lowest BCUT2D eigenvalue weighted by Crippen LogP contribution is -2.39. The molecular weight excluding hydrogens is 288 g/mol. The molecule has 1 heterocycles. The number of esters is 1. The number of likely N-dealkylation sites (tertiary alicyclic amines) is 1. The van der Waals surface area contributed by atoms with Crippen molar-refractivity contribution in [3.63, 3.8) is 0 Å². The largest absolute Gasteiger partial charge is 0.465 e. The van der Waals surface area contributed by atoms with Crippen molar-refractivity contribution in [1.82, 2.24) is 4.90 Å². The molecule has 0 atom stereocenters. The SMILES string of the molecule is CCCN1CCC(Nc2cc(Cl)ccc2C(=O)OC)CC1. The number of rotatable bonds is 5. The van der Waals surface area contributed by atoms with E-state index < -0.39 is 0 Å². The molecule has 0 bridgehead atoms. The number of hydrogen-bond donors (Lipinski definition) is 1. The zero-order chi connectivity index (χ0) is 15.2. The summed E-state index contributed by atoms with van der Waals surface area (Å²) in [6, 6.07) is 5.60. The van der Waals surface area contributed by atoms with E-state index in [4.69, 9.17) is 16.3 Å². The summed E-state index contributed by atoms with van der Waals surface area (Å²) in [6.07, 6.45) is 3.35. The fourth-order valence-corrected chi connectivity index (χ4v) is 2.93. The molecule has 0 unspecified atom stereocenters. The molecule has 1 fully saturated rings. The molecule has 4 nitrogen and oxygen atoms in total. The maximum Gasteiger partial charge on any atom is 0.339 e. The smallest absolute Gasteiger partial charge is 0.339 e. The Bertz CT molecular complexity index is 485. The third kappa shape index (κ3) is 4.35. The van der Waals surface area contributed by atoms with Crippen LogP contribution in [0.1, 0.15) is 36.5 Å². The van der Waals surface area contributed by atoms with E-state index in [0.29, 0.717) is 16.6 Å². The minimum absolute atomic E-state index is 0.336. The van der Waals surface area contributed by atoms with Gasteiger partial charge >= 0.3 is 5.97 Å². The fraction of sp³-hybridized carbons (Fsp3) is 0.562. The van der Waals surface area contributed by atoms with Crippen LogP contribution in [0.4, 0.5) is 5.69 Å². The lowest BCUT2D eigenvalue weighted by Gasteiger charge is -2.33. The maximum absolute atomic E-state index is 11.8. The number of piperidine rings is 1. The van der Waals surface area contributed by atoms with Gasteiger partial charge in [-0.2, -0.15) is 0 Å². The molecule has 2 rings (SSSR count). The molecular formula is C16H23ClN2O2. The van der Waals surface area contributed by atoms with Crippen molar-refractivity contribution < 1.29 is 9.53 Å². The van der Waals surface area contributed by atoms with Crippen molar-refractivity contribution >= 4 is 23.3 Å². The molecule has 21 heavy (non-hydrogen) atoms. The van der Waals surface area contributed by atoms with Crippen molar-refractivity contribution in [2.24, 2.45) is 0 Å². The van der Waals surface area contributed by atoms with E-state index in [1.807, 2.05) is 0 Å². The highest BCUT2D eigenvalue weighted by molar-refractivity contribution is 6.31. The average molecular weight is 311 g/mol. The van der Waals surface area contributed by atoms with Crippen LogP contribution in [0.3, 0.4) is 0 Å². The van der Waals surface area contributed by atoms with Gasteiger partial charge in [0.25, 0.3) is 0 Å². The topological polar surface area (TPSA) is 41.6 Å². The van der Waals surface area contributed by atoms with Gasteiger partial charge in [0, 0.05) is 24.2 Å². The summed E-state index contributed by atoms with van der Waals surface area (Å²) in [5, 5.41) is 4.08. The lowest BCUT2D eigenvalue weighted by molar-refractivity contribution is 0.0601. The highest BCUT2D eigenvalue weighted by Gasteiger charge is 2.20. The van der Waals surface area contributed by atoms with Crippen LogP contribution in [0, 0.1) is 0 Å². The predicted molar refractivity (Wildman–Crippen MR) is 86.2 cm³/mol. The quantitative estimate of drug-likeness (QED) is 0.846. The molecule has 1 aromatic rings. The summed E-state index contributed by atoms with van der Waals surface area (Å²) in [5.41, 5.74) is 1.31. The molecule has 1 aliphatic rings. The van der Waals surface area contributed by atoms with Crippen LogP contribution in [-0.4, -0.2) is 43.7 Å². The molecule has 0 spiro atoms. The van der Waals surface area contributed by atoms with Crippen LogP contribution in [0.15, 0.2) is 18.2 Å². The Morgan fingerprint density at radius 3 is 2.76 bits per heavy atom. The number of methoxy groups -OCH3 is 1. The molecule has 116 valence electrons. The molecule has 0 aromatic heterocycles. The normalized spacial score (nSPS) is 16.7. The minimum Gasteiger partial charge on any atom is -0.465 e. The van der Waals surface area contributed by atoms with Gasteiger partial charge in [0.2, 0.25) is 0 Å². The zero-order valence-electron chi connectivity index (χ0n) is 12.7. The van der Waals surface area contributed by atoms with E-state index in [9.17, 15) is 4.79 Å². The minimum atomic E-state index is -0.336. The lowest BCUT2D eigenvalue weighted by atomic mass is 10.0. The van der Waals surface area contributed by atoms with Crippen molar-refractivity contribution in [2.75, 3.05) is 32.1 Å². The summed E-state index contributed by atoms with van der Waals surface area (Å²) in [4.78, 5) is 14.3. The second-order valence-corrected chi connectivity index (χ2v) is 5.88. The van der Waals surface area contributed by atoms with Gasteiger partial charge in [0.15, 0.2) is 0 Å². The van der Waals surface area contributed by atoms with Gasteiger partial charge in [0.05, 0.1) is 18.4 Å². The summed E-state index contributed by atoms with van der Waals surface area (Å²) >= 11 is 6.05. The molecule has 1 aliphatic heterocycles. The number of hydrogen-bond acceptors (Lipinski definition) is 4. The van der Waals surface area contributed by atoms with Crippen molar-refractivity contribution in [2.45, 2.75) is 32.2 Å². The number of carbonyl (C=O) groups excluding carboxylic acids is 1. The van der Waals surface area contributed by atoms with Crippen LogP contribution in [0.25, 0.3) is 0 Å². The highest BCUT2D eigenvalue weighted by atomic mass is 35.5. The van der Waals surface area contributed by atoms with E-state index in [-0.39, 0.29) is 5.97 Å². The van der Waals surface area contributed by atoms with Gasteiger partial charge in [-0.15, -0.1) is 0 Å². The second kappa shape index (κ2) is 7.66. The van der Waals surface area contributed by atoms with E-state index in [2.05, 4.69) is 17.1 Å². The highest BCUT2D eigenvalue weighted by Crippen LogP contribution is 2.25. The zero-order valence-corrected chi connectivity index (χ0v) is 13.4. The summed E-state index contributed by atoms with van der Waals surface area (Å²) < 4.78 is 4.82. The first-order chi connectivity index (χ1) is 10.1. The molecule has 1 aromatic carbocycles. The Balaban J connectivity index is 2.03. The second-order valence-electron chi connectivity index (χ2n) is 5.44. The molecule has 0 aliphatic carbocycles. The molecule has 1 N–H and O–H groups in total. The molecule has 5 heteroatoms. The number of ether oxygens (including phenoxy) is 1.